The number of piperidine rings is 1. The Morgan fingerprint density at radius 3 is 3.00 bits per heavy atom. The maximum Gasteiger partial charge on any atom is 0.254 e. The van der Waals surface area contributed by atoms with E-state index in [0.717, 1.165) is 32.2 Å². The van der Waals surface area contributed by atoms with Gasteiger partial charge in [-0.15, -0.1) is 0 Å². The van der Waals surface area contributed by atoms with E-state index in [-0.39, 0.29) is 11.8 Å². The second kappa shape index (κ2) is 4.42. The molecule has 0 saturated carbocycles. The Balaban J connectivity index is 2.01. The predicted octanol–water partition coefficient (Wildman–Crippen LogP) is 1.32. The number of nitrogens with zero attached hydrogens (tertiary/aromatic N) is 2. The molecule has 2 heterocycles. The van der Waals surface area contributed by atoms with E-state index in [2.05, 4.69) is 6.07 Å². The molecule has 0 aromatic carbocycles. The first-order valence-corrected chi connectivity index (χ1v) is 5.99. The molecule has 0 spiro atoms. The van der Waals surface area contributed by atoms with E-state index in [0.29, 0.717) is 13.2 Å². The second-order valence-corrected chi connectivity index (χ2v) is 4.90. The number of amides is 1. The van der Waals surface area contributed by atoms with Crippen LogP contribution in [0.4, 0.5) is 0 Å². The fourth-order valence-corrected chi connectivity index (χ4v) is 2.55. The van der Waals surface area contributed by atoms with Crippen LogP contribution in [-0.2, 0) is 9.53 Å². The number of nitriles is 1. The highest BCUT2D eigenvalue weighted by Gasteiger charge is 2.41. The molecule has 0 aliphatic carbocycles. The molecule has 16 heavy (non-hydrogen) atoms. The van der Waals surface area contributed by atoms with E-state index in [1.54, 1.807) is 0 Å². The Hall–Kier alpha value is -1.08. The van der Waals surface area contributed by atoms with Crippen molar-refractivity contribution in [1.29, 1.82) is 5.26 Å². The van der Waals surface area contributed by atoms with E-state index in [4.69, 9.17) is 10.00 Å². The summed E-state index contributed by atoms with van der Waals surface area (Å²) in [5, 5.41) is 8.90. The van der Waals surface area contributed by atoms with Gasteiger partial charge in [0.1, 0.15) is 5.60 Å². The Labute approximate surface area is 96.2 Å². The van der Waals surface area contributed by atoms with Crippen LogP contribution in [0, 0.1) is 17.2 Å². The number of likely N-dealkylation sites (tertiary alicyclic amines) is 1. The molecule has 0 N–H and O–H groups in total. The lowest BCUT2D eigenvalue weighted by atomic mass is 9.95. The normalized spacial score (nSPS) is 34.8. The van der Waals surface area contributed by atoms with Crippen molar-refractivity contribution in [3.63, 3.8) is 0 Å². The highest BCUT2D eigenvalue weighted by molar-refractivity contribution is 5.85. The maximum absolute atomic E-state index is 12.3. The van der Waals surface area contributed by atoms with Crippen molar-refractivity contribution >= 4 is 5.91 Å². The zero-order chi connectivity index (χ0) is 11.6. The highest BCUT2D eigenvalue weighted by Crippen LogP contribution is 2.29. The van der Waals surface area contributed by atoms with Crippen molar-refractivity contribution in [2.75, 3.05) is 19.7 Å². The van der Waals surface area contributed by atoms with Crippen molar-refractivity contribution in [3.8, 4) is 6.07 Å². The van der Waals surface area contributed by atoms with E-state index in [9.17, 15) is 4.79 Å². The van der Waals surface area contributed by atoms with Gasteiger partial charge < -0.3 is 9.64 Å². The smallest absolute Gasteiger partial charge is 0.254 e. The van der Waals surface area contributed by atoms with Gasteiger partial charge in [-0.2, -0.15) is 5.26 Å². The lowest BCUT2D eigenvalue weighted by molar-refractivity contribution is -0.152. The number of carbonyl (C=O) groups is 1. The van der Waals surface area contributed by atoms with Crippen LogP contribution >= 0.6 is 0 Å². The Morgan fingerprint density at radius 2 is 2.38 bits per heavy atom. The van der Waals surface area contributed by atoms with E-state index >= 15 is 0 Å². The monoisotopic (exact) mass is 222 g/mol. The first-order chi connectivity index (χ1) is 7.65. The van der Waals surface area contributed by atoms with Crippen LogP contribution in [-0.4, -0.2) is 36.1 Å². The standard InChI is InChI=1S/C12H18N2O2/c1-12(5-3-7-16-12)11(15)14-6-2-4-10(8-13)9-14/h10H,2-7,9H2,1H3. The molecule has 0 aromatic rings. The Bertz CT molecular complexity index is 315. The Kier molecular flexibility index (Phi) is 3.15. The van der Waals surface area contributed by atoms with Gasteiger partial charge in [-0.1, -0.05) is 0 Å². The summed E-state index contributed by atoms with van der Waals surface area (Å²) >= 11 is 0. The lowest BCUT2D eigenvalue weighted by Gasteiger charge is -2.35. The minimum atomic E-state index is -0.628. The quantitative estimate of drug-likeness (QED) is 0.672. The summed E-state index contributed by atoms with van der Waals surface area (Å²) in [5.74, 6) is 0.0765. The number of hydrogen-bond donors (Lipinski definition) is 0. The van der Waals surface area contributed by atoms with Gasteiger partial charge in [0.2, 0.25) is 0 Å². The largest absolute Gasteiger partial charge is 0.365 e. The fourth-order valence-electron chi connectivity index (χ4n) is 2.55. The molecule has 2 fully saturated rings. The topological polar surface area (TPSA) is 53.3 Å². The maximum atomic E-state index is 12.3. The van der Waals surface area contributed by atoms with Gasteiger partial charge in [0, 0.05) is 19.7 Å². The molecule has 0 radical (unpaired) electrons. The van der Waals surface area contributed by atoms with E-state index in [1.165, 1.54) is 0 Å². The average Bonchev–Trinajstić information content (AvgIpc) is 2.76. The van der Waals surface area contributed by atoms with Gasteiger partial charge in [0.15, 0.2) is 0 Å². The van der Waals surface area contributed by atoms with Crippen LogP contribution in [0.2, 0.25) is 0 Å². The molecule has 2 aliphatic heterocycles. The molecule has 0 bridgehead atoms. The van der Waals surface area contributed by atoms with E-state index in [1.807, 2.05) is 11.8 Å². The molecule has 2 atom stereocenters. The van der Waals surface area contributed by atoms with Gasteiger partial charge >= 0.3 is 0 Å². The van der Waals surface area contributed by atoms with Gasteiger partial charge in [0.25, 0.3) is 5.91 Å². The molecule has 2 unspecified atom stereocenters. The third kappa shape index (κ3) is 2.05. The van der Waals surface area contributed by atoms with Crippen LogP contribution in [0.5, 0.6) is 0 Å². The van der Waals surface area contributed by atoms with Crippen LogP contribution < -0.4 is 0 Å². The highest BCUT2D eigenvalue weighted by atomic mass is 16.5. The van der Waals surface area contributed by atoms with Gasteiger partial charge in [0.05, 0.1) is 12.0 Å². The summed E-state index contributed by atoms with van der Waals surface area (Å²) in [6.45, 7) is 3.90. The van der Waals surface area contributed by atoms with Gasteiger partial charge in [-0.05, 0) is 32.6 Å². The third-order valence-electron chi connectivity index (χ3n) is 3.56. The molecule has 0 aromatic heterocycles. The Morgan fingerprint density at radius 1 is 1.56 bits per heavy atom. The lowest BCUT2D eigenvalue weighted by Crippen LogP contribution is -2.50. The number of carbonyl (C=O) groups excluding carboxylic acids is 1. The van der Waals surface area contributed by atoms with Crippen LogP contribution in [0.15, 0.2) is 0 Å². The van der Waals surface area contributed by atoms with Crippen molar-refractivity contribution in [3.05, 3.63) is 0 Å². The molecule has 2 rings (SSSR count). The van der Waals surface area contributed by atoms with Crippen molar-refractivity contribution in [2.45, 2.75) is 38.2 Å². The summed E-state index contributed by atoms with van der Waals surface area (Å²) in [6, 6.07) is 2.26. The molecule has 4 heteroatoms. The molecule has 2 aliphatic rings. The van der Waals surface area contributed by atoms with Crippen molar-refractivity contribution in [2.24, 2.45) is 5.92 Å². The van der Waals surface area contributed by atoms with Crippen LogP contribution in [0.1, 0.15) is 32.6 Å². The minimum Gasteiger partial charge on any atom is -0.365 e. The molecule has 2 saturated heterocycles. The average molecular weight is 222 g/mol. The summed E-state index contributed by atoms with van der Waals surface area (Å²) in [6.07, 6.45) is 3.61. The molecular weight excluding hydrogens is 204 g/mol. The molecule has 1 amide bonds. The first kappa shape index (κ1) is 11.4. The summed E-state index contributed by atoms with van der Waals surface area (Å²) in [4.78, 5) is 14.1. The third-order valence-corrected chi connectivity index (χ3v) is 3.56. The molecule has 4 nitrogen and oxygen atoms in total. The summed E-state index contributed by atoms with van der Waals surface area (Å²) in [5.41, 5.74) is -0.628. The number of hydrogen-bond acceptors (Lipinski definition) is 3. The number of ether oxygens (including phenoxy) is 1. The van der Waals surface area contributed by atoms with Gasteiger partial charge in [-0.25, -0.2) is 0 Å². The first-order valence-electron chi connectivity index (χ1n) is 5.99. The molecule has 88 valence electrons. The van der Waals surface area contributed by atoms with Crippen LogP contribution in [0.3, 0.4) is 0 Å². The number of rotatable bonds is 1. The zero-order valence-corrected chi connectivity index (χ0v) is 9.74. The second-order valence-electron chi connectivity index (χ2n) is 4.90. The van der Waals surface area contributed by atoms with E-state index < -0.39 is 5.60 Å². The summed E-state index contributed by atoms with van der Waals surface area (Å²) < 4.78 is 5.55. The summed E-state index contributed by atoms with van der Waals surface area (Å²) in [7, 11) is 0. The van der Waals surface area contributed by atoms with Gasteiger partial charge in [-0.3, -0.25) is 4.79 Å². The van der Waals surface area contributed by atoms with Crippen molar-refractivity contribution < 1.29 is 9.53 Å². The van der Waals surface area contributed by atoms with Crippen LogP contribution in [0.25, 0.3) is 0 Å². The zero-order valence-electron chi connectivity index (χ0n) is 9.74. The minimum absolute atomic E-state index is 0.00250. The fraction of sp³-hybridized carbons (Fsp3) is 0.833. The SMILES string of the molecule is CC1(C(=O)N2CCCC(C#N)C2)CCCO1. The van der Waals surface area contributed by atoms with Crippen molar-refractivity contribution in [1.82, 2.24) is 4.90 Å². The predicted molar refractivity (Wildman–Crippen MR) is 58.5 cm³/mol. The molecular formula is C12H18N2O2.